The molecular weight excluding hydrogens is 208 g/mol. The maximum absolute atomic E-state index is 11.0. The Hall–Kier alpha value is -1.49. The summed E-state index contributed by atoms with van der Waals surface area (Å²) in [5, 5.41) is 8.99. The molecule has 16 heavy (non-hydrogen) atoms. The van der Waals surface area contributed by atoms with Crippen LogP contribution in [0.4, 0.5) is 0 Å². The third kappa shape index (κ3) is 1.78. The van der Waals surface area contributed by atoms with Crippen molar-refractivity contribution in [2.45, 2.75) is 32.3 Å². The number of carbonyl (C=O) groups is 1. The highest BCUT2D eigenvalue weighted by Crippen LogP contribution is 2.33. The van der Waals surface area contributed by atoms with Gasteiger partial charge in [0.1, 0.15) is 5.60 Å². The minimum Gasteiger partial charge on any atom is -0.477 e. The summed E-state index contributed by atoms with van der Waals surface area (Å²) in [6.45, 7) is 4.26. The second-order valence-corrected chi connectivity index (χ2v) is 4.21. The average Bonchev–Trinajstić information content (AvgIpc) is 2.66. The summed E-state index contributed by atoms with van der Waals surface area (Å²) in [5.41, 5.74) is 0.0947. The van der Waals surface area contributed by atoms with Gasteiger partial charge in [-0.25, -0.2) is 14.8 Å². The van der Waals surface area contributed by atoms with Crippen LogP contribution in [0.1, 0.15) is 41.6 Å². The molecule has 5 nitrogen and oxygen atoms in total. The van der Waals surface area contributed by atoms with Crippen molar-refractivity contribution in [2.24, 2.45) is 0 Å². The van der Waals surface area contributed by atoms with Gasteiger partial charge in [0.25, 0.3) is 0 Å². The number of rotatable bonds is 2. The quantitative estimate of drug-likeness (QED) is 0.821. The summed E-state index contributed by atoms with van der Waals surface area (Å²) in [6.07, 6.45) is 3.32. The molecule has 1 aromatic heterocycles. The molecule has 1 aromatic rings. The molecule has 1 N–H and O–H groups in total. The number of aromatic carboxylic acids is 1. The molecule has 86 valence electrons. The first-order valence-electron chi connectivity index (χ1n) is 5.24. The molecule has 0 bridgehead atoms. The first-order valence-corrected chi connectivity index (χ1v) is 5.24. The van der Waals surface area contributed by atoms with Gasteiger partial charge < -0.3 is 9.84 Å². The van der Waals surface area contributed by atoms with Crippen LogP contribution in [0.3, 0.4) is 0 Å². The fraction of sp³-hybridized carbons (Fsp3) is 0.545. The summed E-state index contributed by atoms with van der Waals surface area (Å²) in [6, 6.07) is 0. The van der Waals surface area contributed by atoms with Gasteiger partial charge >= 0.3 is 5.97 Å². The number of carboxylic acids is 1. The SMILES string of the molecule is Cc1cnc(C2(C)CCCO2)nc1C(=O)O. The van der Waals surface area contributed by atoms with Gasteiger partial charge in [-0.2, -0.15) is 0 Å². The van der Waals surface area contributed by atoms with E-state index in [0.717, 1.165) is 12.8 Å². The zero-order chi connectivity index (χ0) is 11.8. The van der Waals surface area contributed by atoms with Crippen LogP contribution < -0.4 is 0 Å². The van der Waals surface area contributed by atoms with Crippen LogP contribution in [0.15, 0.2) is 6.20 Å². The topological polar surface area (TPSA) is 72.3 Å². The van der Waals surface area contributed by atoms with Gasteiger partial charge in [0.05, 0.1) is 0 Å². The van der Waals surface area contributed by atoms with Crippen molar-refractivity contribution >= 4 is 5.97 Å². The van der Waals surface area contributed by atoms with E-state index in [1.165, 1.54) is 0 Å². The molecule has 1 unspecified atom stereocenters. The Labute approximate surface area is 93.5 Å². The monoisotopic (exact) mass is 222 g/mol. The zero-order valence-corrected chi connectivity index (χ0v) is 9.36. The number of nitrogens with zero attached hydrogens (tertiary/aromatic N) is 2. The van der Waals surface area contributed by atoms with Gasteiger partial charge in [-0.1, -0.05) is 0 Å². The molecule has 0 aromatic carbocycles. The Morgan fingerprint density at radius 3 is 2.94 bits per heavy atom. The van der Waals surface area contributed by atoms with Crippen molar-refractivity contribution in [2.75, 3.05) is 6.61 Å². The van der Waals surface area contributed by atoms with Crippen LogP contribution in [-0.4, -0.2) is 27.7 Å². The van der Waals surface area contributed by atoms with Crippen molar-refractivity contribution in [3.63, 3.8) is 0 Å². The molecule has 0 radical (unpaired) electrons. The maximum atomic E-state index is 11.0. The lowest BCUT2D eigenvalue weighted by Crippen LogP contribution is -2.25. The van der Waals surface area contributed by atoms with Gasteiger partial charge in [-0.05, 0) is 26.7 Å². The maximum Gasteiger partial charge on any atom is 0.354 e. The molecule has 0 amide bonds. The molecule has 1 aliphatic rings. The first kappa shape index (κ1) is 11.0. The largest absolute Gasteiger partial charge is 0.477 e. The highest BCUT2D eigenvalue weighted by molar-refractivity contribution is 5.86. The molecule has 0 spiro atoms. The second kappa shape index (κ2) is 3.83. The third-order valence-corrected chi connectivity index (χ3v) is 2.87. The highest BCUT2D eigenvalue weighted by atomic mass is 16.5. The minimum absolute atomic E-state index is 0.0572. The zero-order valence-electron chi connectivity index (χ0n) is 9.36. The van der Waals surface area contributed by atoms with Gasteiger partial charge in [-0.15, -0.1) is 0 Å². The lowest BCUT2D eigenvalue weighted by Gasteiger charge is -2.21. The Kier molecular flexibility index (Phi) is 2.63. The molecule has 5 heteroatoms. The Morgan fingerprint density at radius 1 is 1.62 bits per heavy atom. The predicted octanol–water partition coefficient (Wildman–Crippen LogP) is 1.51. The van der Waals surface area contributed by atoms with Crippen LogP contribution in [0, 0.1) is 6.92 Å². The molecule has 1 fully saturated rings. The fourth-order valence-corrected chi connectivity index (χ4v) is 1.87. The standard InChI is InChI=1S/C11H14N2O3/c1-7-6-12-10(13-8(7)9(14)15)11(2)4-3-5-16-11/h6H,3-5H2,1-2H3,(H,14,15). The number of carboxylic acid groups (broad SMARTS) is 1. The van der Waals surface area contributed by atoms with E-state index in [1.807, 2.05) is 6.92 Å². The number of aromatic nitrogens is 2. The second-order valence-electron chi connectivity index (χ2n) is 4.21. The van der Waals surface area contributed by atoms with Gasteiger partial charge in [-0.3, -0.25) is 0 Å². The molecule has 1 aliphatic heterocycles. The normalized spacial score (nSPS) is 24.6. The summed E-state index contributed by atoms with van der Waals surface area (Å²) >= 11 is 0. The lowest BCUT2D eigenvalue weighted by atomic mass is 10.0. The van der Waals surface area contributed by atoms with Crippen molar-refractivity contribution < 1.29 is 14.6 Å². The Balaban J connectivity index is 2.43. The molecule has 1 saturated heterocycles. The molecule has 1 atom stereocenters. The van der Waals surface area contributed by atoms with Crippen LogP contribution in [0.5, 0.6) is 0 Å². The van der Waals surface area contributed by atoms with E-state index in [-0.39, 0.29) is 5.69 Å². The first-order chi connectivity index (χ1) is 7.53. The van der Waals surface area contributed by atoms with Crippen molar-refractivity contribution in [1.82, 2.24) is 9.97 Å². The molecule has 0 aliphatic carbocycles. The average molecular weight is 222 g/mol. The fourth-order valence-electron chi connectivity index (χ4n) is 1.87. The van der Waals surface area contributed by atoms with E-state index in [4.69, 9.17) is 9.84 Å². The van der Waals surface area contributed by atoms with Crippen molar-refractivity contribution in [3.8, 4) is 0 Å². The van der Waals surface area contributed by atoms with E-state index in [9.17, 15) is 4.79 Å². The Bertz CT molecular complexity index is 425. The summed E-state index contributed by atoms with van der Waals surface area (Å²) < 4.78 is 5.58. The van der Waals surface area contributed by atoms with Crippen LogP contribution in [0.25, 0.3) is 0 Å². The molecule has 2 rings (SSSR count). The number of hydrogen-bond acceptors (Lipinski definition) is 4. The predicted molar refractivity (Wildman–Crippen MR) is 56.3 cm³/mol. The van der Waals surface area contributed by atoms with Crippen LogP contribution in [0.2, 0.25) is 0 Å². The van der Waals surface area contributed by atoms with Crippen LogP contribution in [-0.2, 0) is 10.3 Å². The van der Waals surface area contributed by atoms with Gasteiger partial charge in [0.15, 0.2) is 11.5 Å². The number of hydrogen-bond donors (Lipinski definition) is 1. The van der Waals surface area contributed by atoms with Gasteiger partial charge in [0, 0.05) is 18.4 Å². The minimum atomic E-state index is -1.03. The van der Waals surface area contributed by atoms with E-state index < -0.39 is 11.6 Å². The lowest BCUT2D eigenvalue weighted by molar-refractivity contribution is 0.00905. The van der Waals surface area contributed by atoms with E-state index in [2.05, 4.69) is 9.97 Å². The highest BCUT2D eigenvalue weighted by Gasteiger charge is 2.35. The molecule has 0 saturated carbocycles. The summed E-state index contributed by atoms with van der Waals surface area (Å²) in [5.74, 6) is -0.559. The van der Waals surface area contributed by atoms with Crippen molar-refractivity contribution in [1.29, 1.82) is 0 Å². The molecule has 2 heterocycles. The molecular formula is C11H14N2O3. The smallest absolute Gasteiger partial charge is 0.354 e. The number of aryl methyl sites for hydroxylation is 1. The summed E-state index contributed by atoms with van der Waals surface area (Å²) in [7, 11) is 0. The number of ether oxygens (including phenoxy) is 1. The van der Waals surface area contributed by atoms with E-state index in [1.54, 1.807) is 13.1 Å². The Morgan fingerprint density at radius 2 is 2.38 bits per heavy atom. The summed E-state index contributed by atoms with van der Waals surface area (Å²) in [4.78, 5) is 19.2. The third-order valence-electron chi connectivity index (χ3n) is 2.87. The van der Waals surface area contributed by atoms with Gasteiger partial charge in [0.2, 0.25) is 0 Å². The van der Waals surface area contributed by atoms with Crippen molar-refractivity contribution in [3.05, 3.63) is 23.3 Å². The van der Waals surface area contributed by atoms with E-state index in [0.29, 0.717) is 18.0 Å². The van der Waals surface area contributed by atoms with Crippen LogP contribution >= 0.6 is 0 Å². The van der Waals surface area contributed by atoms with E-state index >= 15 is 0 Å².